The number of likely N-dealkylation sites (tertiary alicyclic amines) is 1. The number of carbonyl (C=O) groups is 3. The Balaban J connectivity index is 1.50. The standard InChI is InChI=1S/C21H21N3O4/c25-19-11-22-17-8-7-15(10-18(17)23-19)20(26)24-9-1-2-16(12-24)13-3-5-14(6-4-13)21(27)28/h3-8,10,16,22H,1-2,9,11-12H2,(H,23,25)(H,27,28)/t16-/m1/s1. The van der Waals surface area contributed by atoms with Crippen LogP contribution in [0.1, 0.15) is 45.0 Å². The monoisotopic (exact) mass is 379 g/mol. The van der Waals surface area contributed by atoms with Gasteiger partial charge in [0.25, 0.3) is 5.91 Å². The number of carbonyl (C=O) groups excluding carboxylic acids is 2. The summed E-state index contributed by atoms with van der Waals surface area (Å²) in [5.41, 5.74) is 3.29. The van der Waals surface area contributed by atoms with E-state index in [-0.39, 0.29) is 29.8 Å². The molecule has 2 amide bonds. The van der Waals surface area contributed by atoms with Gasteiger partial charge < -0.3 is 20.6 Å². The fourth-order valence-corrected chi connectivity index (χ4v) is 3.82. The number of nitrogens with one attached hydrogen (secondary N) is 2. The Morgan fingerprint density at radius 3 is 2.54 bits per heavy atom. The molecule has 2 aromatic carbocycles. The molecular formula is C21H21N3O4. The summed E-state index contributed by atoms with van der Waals surface area (Å²) < 4.78 is 0. The van der Waals surface area contributed by atoms with Gasteiger partial charge >= 0.3 is 5.97 Å². The van der Waals surface area contributed by atoms with Crippen LogP contribution in [0.15, 0.2) is 42.5 Å². The zero-order chi connectivity index (χ0) is 19.7. The maximum Gasteiger partial charge on any atom is 0.335 e. The van der Waals surface area contributed by atoms with E-state index in [1.807, 2.05) is 23.1 Å². The number of hydrogen-bond donors (Lipinski definition) is 3. The number of nitrogens with zero attached hydrogens (tertiary/aromatic N) is 1. The first-order valence-electron chi connectivity index (χ1n) is 9.31. The molecule has 7 nitrogen and oxygen atoms in total. The van der Waals surface area contributed by atoms with Crippen LogP contribution >= 0.6 is 0 Å². The molecule has 0 unspecified atom stereocenters. The zero-order valence-electron chi connectivity index (χ0n) is 15.3. The highest BCUT2D eigenvalue weighted by Gasteiger charge is 2.26. The lowest BCUT2D eigenvalue weighted by atomic mass is 9.90. The molecule has 2 heterocycles. The van der Waals surface area contributed by atoms with Crippen molar-refractivity contribution in [3.05, 3.63) is 59.2 Å². The Kier molecular flexibility index (Phi) is 4.73. The first-order valence-corrected chi connectivity index (χ1v) is 9.31. The number of rotatable bonds is 3. The summed E-state index contributed by atoms with van der Waals surface area (Å²) in [5.74, 6) is -0.949. The summed E-state index contributed by atoms with van der Waals surface area (Å²) >= 11 is 0. The van der Waals surface area contributed by atoms with Gasteiger partial charge in [-0.2, -0.15) is 0 Å². The normalized spacial score (nSPS) is 18.6. The van der Waals surface area contributed by atoms with E-state index in [0.717, 1.165) is 24.1 Å². The number of amides is 2. The Morgan fingerprint density at radius 2 is 1.79 bits per heavy atom. The van der Waals surface area contributed by atoms with Crippen LogP contribution in [0.2, 0.25) is 0 Å². The second-order valence-corrected chi connectivity index (χ2v) is 7.18. The summed E-state index contributed by atoms with van der Waals surface area (Å²) in [6.07, 6.45) is 1.85. The summed E-state index contributed by atoms with van der Waals surface area (Å²) in [4.78, 5) is 37.4. The number of carboxylic acid groups (broad SMARTS) is 1. The van der Waals surface area contributed by atoms with Crippen LogP contribution in [0.3, 0.4) is 0 Å². The first-order chi connectivity index (χ1) is 13.5. The van der Waals surface area contributed by atoms with Crippen LogP contribution in [0, 0.1) is 0 Å². The van der Waals surface area contributed by atoms with Crippen molar-refractivity contribution in [2.45, 2.75) is 18.8 Å². The average molecular weight is 379 g/mol. The predicted octanol–water partition coefficient (Wildman–Crippen LogP) is 2.77. The number of benzene rings is 2. The highest BCUT2D eigenvalue weighted by atomic mass is 16.4. The van der Waals surface area contributed by atoms with Gasteiger partial charge in [-0.3, -0.25) is 9.59 Å². The molecule has 3 N–H and O–H groups in total. The lowest BCUT2D eigenvalue weighted by Gasteiger charge is -2.33. The summed E-state index contributed by atoms with van der Waals surface area (Å²) in [6.45, 7) is 1.51. The molecule has 7 heteroatoms. The van der Waals surface area contributed by atoms with E-state index in [2.05, 4.69) is 10.6 Å². The van der Waals surface area contributed by atoms with Crippen molar-refractivity contribution in [2.75, 3.05) is 30.3 Å². The van der Waals surface area contributed by atoms with Gasteiger partial charge in [-0.15, -0.1) is 0 Å². The Bertz CT molecular complexity index is 939. The van der Waals surface area contributed by atoms with Crippen molar-refractivity contribution in [1.82, 2.24) is 4.90 Å². The van der Waals surface area contributed by atoms with E-state index in [4.69, 9.17) is 5.11 Å². The molecule has 0 bridgehead atoms. The smallest absolute Gasteiger partial charge is 0.335 e. The lowest BCUT2D eigenvalue weighted by molar-refractivity contribution is -0.114. The molecule has 4 rings (SSSR count). The number of aromatic carboxylic acids is 1. The Labute approximate surface area is 162 Å². The minimum Gasteiger partial charge on any atom is -0.478 e. The van der Waals surface area contributed by atoms with Gasteiger partial charge in [0.1, 0.15) is 0 Å². The van der Waals surface area contributed by atoms with Crippen molar-refractivity contribution in [3.63, 3.8) is 0 Å². The molecule has 0 saturated carbocycles. The van der Waals surface area contributed by atoms with E-state index in [1.165, 1.54) is 0 Å². The van der Waals surface area contributed by atoms with Crippen molar-refractivity contribution in [2.24, 2.45) is 0 Å². The molecule has 2 aromatic rings. The molecule has 0 spiro atoms. The van der Waals surface area contributed by atoms with Gasteiger partial charge in [-0.25, -0.2) is 4.79 Å². The highest BCUT2D eigenvalue weighted by Crippen LogP contribution is 2.30. The van der Waals surface area contributed by atoms with Crippen LogP contribution in [0.5, 0.6) is 0 Å². The van der Waals surface area contributed by atoms with Gasteiger partial charge in [0.05, 0.1) is 23.5 Å². The van der Waals surface area contributed by atoms with E-state index in [1.54, 1.807) is 24.3 Å². The minimum atomic E-state index is -0.944. The number of anilines is 2. The summed E-state index contributed by atoms with van der Waals surface area (Å²) in [5, 5.41) is 14.9. The third-order valence-corrected chi connectivity index (χ3v) is 5.32. The molecule has 1 atom stereocenters. The van der Waals surface area contributed by atoms with E-state index in [9.17, 15) is 14.4 Å². The molecule has 0 radical (unpaired) electrons. The van der Waals surface area contributed by atoms with Crippen LogP contribution in [-0.4, -0.2) is 47.4 Å². The Morgan fingerprint density at radius 1 is 1.04 bits per heavy atom. The number of hydrogen-bond acceptors (Lipinski definition) is 4. The molecule has 2 aliphatic rings. The minimum absolute atomic E-state index is 0.0607. The molecule has 1 saturated heterocycles. The summed E-state index contributed by atoms with van der Waals surface area (Å²) in [6, 6.07) is 12.2. The van der Waals surface area contributed by atoms with Crippen molar-refractivity contribution in [3.8, 4) is 0 Å². The first kappa shape index (κ1) is 18.0. The molecule has 144 valence electrons. The highest BCUT2D eigenvalue weighted by molar-refractivity contribution is 6.03. The number of carboxylic acids is 1. The van der Waals surface area contributed by atoms with Gasteiger partial charge in [0, 0.05) is 24.6 Å². The van der Waals surface area contributed by atoms with Crippen LogP contribution < -0.4 is 10.6 Å². The number of piperidine rings is 1. The zero-order valence-corrected chi connectivity index (χ0v) is 15.3. The molecule has 0 aliphatic carbocycles. The molecular weight excluding hydrogens is 358 g/mol. The average Bonchev–Trinajstić information content (AvgIpc) is 2.73. The van der Waals surface area contributed by atoms with Gasteiger partial charge in [-0.05, 0) is 48.7 Å². The molecule has 0 aromatic heterocycles. The molecule has 1 fully saturated rings. The third-order valence-electron chi connectivity index (χ3n) is 5.32. The van der Waals surface area contributed by atoms with E-state index in [0.29, 0.717) is 24.3 Å². The van der Waals surface area contributed by atoms with Crippen molar-refractivity contribution >= 4 is 29.2 Å². The third kappa shape index (κ3) is 3.55. The van der Waals surface area contributed by atoms with Crippen LogP contribution in [0.25, 0.3) is 0 Å². The number of fused-ring (bicyclic) bond motifs is 1. The second kappa shape index (κ2) is 7.34. The maximum atomic E-state index is 13.0. The summed E-state index contributed by atoms with van der Waals surface area (Å²) in [7, 11) is 0. The fourth-order valence-electron chi connectivity index (χ4n) is 3.82. The molecule has 28 heavy (non-hydrogen) atoms. The van der Waals surface area contributed by atoms with Crippen LogP contribution in [-0.2, 0) is 4.79 Å². The molecule has 2 aliphatic heterocycles. The topological polar surface area (TPSA) is 98.7 Å². The quantitative estimate of drug-likeness (QED) is 0.762. The fraction of sp³-hybridized carbons (Fsp3) is 0.286. The second-order valence-electron chi connectivity index (χ2n) is 7.18. The van der Waals surface area contributed by atoms with Crippen molar-refractivity contribution < 1.29 is 19.5 Å². The van der Waals surface area contributed by atoms with E-state index < -0.39 is 5.97 Å². The Hall–Kier alpha value is -3.35. The van der Waals surface area contributed by atoms with Crippen molar-refractivity contribution in [1.29, 1.82) is 0 Å². The van der Waals surface area contributed by atoms with Gasteiger partial charge in [0.15, 0.2) is 0 Å². The van der Waals surface area contributed by atoms with Gasteiger partial charge in [0.2, 0.25) is 5.91 Å². The lowest BCUT2D eigenvalue weighted by Crippen LogP contribution is -2.39. The predicted molar refractivity (Wildman–Crippen MR) is 105 cm³/mol. The maximum absolute atomic E-state index is 13.0. The van der Waals surface area contributed by atoms with Crippen LogP contribution in [0.4, 0.5) is 11.4 Å². The SMILES string of the molecule is O=C1CNc2ccc(C(=O)N3CCC[C@@H](c4ccc(C(=O)O)cc4)C3)cc2N1. The van der Waals surface area contributed by atoms with Gasteiger partial charge in [-0.1, -0.05) is 12.1 Å². The van der Waals surface area contributed by atoms with E-state index >= 15 is 0 Å². The largest absolute Gasteiger partial charge is 0.478 e.